The summed E-state index contributed by atoms with van der Waals surface area (Å²) in [6.07, 6.45) is 72.9. The second-order valence-corrected chi connectivity index (χ2v) is 34.1. The van der Waals surface area contributed by atoms with Crippen LogP contribution < -0.4 is 9.80 Å². The van der Waals surface area contributed by atoms with Crippen LogP contribution in [0.25, 0.3) is 33.3 Å². The topological polar surface area (TPSA) is 40.6 Å². The van der Waals surface area contributed by atoms with Crippen LogP contribution in [0.15, 0.2) is 60.7 Å². The summed E-state index contributed by atoms with van der Waals surface area (Å²) in [7, 11) is 0. The summed E-state index contributed by atoms with van der Waals surface area (Å²) in [6.45, 7) is 15.0. The van der Waals surface area contributed by atoms with Crippen LogP contribution in [-0.2, 0) is 9.59 Å². The van der Waals surface area contributed by atoms with Crippen molar-refractivity contribution < 1.29 is 9.59 Å². The number of aryl methyl sites for hydroxylation is 2. The second-order valence-electron chi connectivity index (χ2n) is 29.0. The first-order valence-corrected chi connectivity index (χ1v) is 43.2. The number of carbonyl (C=O) groups excluding carboxylic acids is 2. The molecule has 0 aliphatic carbocycles. The van der Waals surface area contributed by atoms with Gasteiger partial charge in [0.1, 0.15) is 0 Å². The van der Waals surface area contributed by atoms with E-state index in [9.17, 15) is 0 Å². The molecule has 92 heavy (non-hydrogen) atoms. The molecule has 2 aromatic heterocycles. The number of unbranched alkanes of at least 4 members (excludes halogenated alkanes) is 38. The van der Waals surface area contributed by atoms with Gasteiger partial charge in [-0.05, 0) is 5.92 Å². The second kappa shape index (κ2) is 48.5. The monoisotopic (exact) mass is 1390 g/mol. The number of amides is 2. The molecule has 0 spiro atoms. The number of benzene rings is 2. The van der Waals surface area contributed by atoms with Crippen LogP contribution in [-0.4, -0.2) is 53.9 Å². The zero-order valence-electron chi connectivity index (χ0n) is 60.4. The molecule has 6 rings (SSSR count). The molecule has 2 aromatic carbocycles. The van der Waals surface area contributed by atoms with Crippen LogP contribution in [0.4, 0.5) is 11.4 Å². The van der Waals surface area contributed by atoms with Crippen molar-refractivity contribution >= 4 is 75.5 Å². The van der Waals surface area contributed by atoms with Gasteiger partial charge in [0, 0.05) is 0 Å². The van der Waals surface area contributed by atoms with Crippen LogP contribution in [0.5, 0.6) is 0 Å². The third-order valence-corrected chi connectivity index (χ3v) is 25.2. The third-order valence-electron chi connectivity index (χ3n) is 20.9. The molecule has 4 aromatic rings. The molecule has 0 bridgehead atoms. The Morgan fingerprint density at radius 2 is 0.652 bits per heavy atom. The summed E-state index contributed by atoms with van der Waals surface area (Å²) >= 11 is 0.606. The first kappa shape index (κ1) is 77.9. The van der Waals surface area contributed by atoms with Crippen LogP contribution in [0.1, 0.15) is 379 Å². The SMILES string of the molecule is CCCCCCCCCCCCC(CCCCCCCCCC)CCCCCCN1C(=O)/C(=C2/C(=O)N(CCCCCCC(CCCCCCCCCC)CCCCCCCCCCCC)c3cc(-c4ccc(/C=C/c5ccc(C)[se]5)[se]4)ccc32)c2ccc(C)cc21. The fourth-order valence-corrected chi connectivity index (χ4v) is 18.6. The Labute approximate surface area is 579 Å². The van der Waals surface area contributed by atoms with Gasteiger partial charge in [-0.15, -0.1) is 0 Å². The maximum atomic E-state index is 15.4. The number of hydrogen-bond donors (Lipinski definition) is 0. The molecule has 514 valence electrons. The number of hydrogen-bond acceptors (Lipinski definition) is 2. The molecule has 2 aliphatic heterocycles. The van der Waals surface area contributed by atoms with E-state index in [4.69, 9.17) is 0 Å². The maximum absolute atomic E-state index is 15.4. The van der Waals surface area contributed by atoms with Crippen molar-refractivity contribution in [2.24, 2.45) is 11.8 Å². The minimum absolute atomic E-state index is 0.0124. The van der Waals surface area contributed by atoms with Gasteiger partial charge in [-0.1, -0.05) is 304 Å². The predicted octanol–water partition coefficient (Wildman–Crippen LogP) is 26.7. The number of fused-ring (bicyclic) bond motifs is 2. The Kier molecular flexibility index (Phi) is 41.1. The van der Waals surface area contributed by atoms with Crippen LogP contribution in [0.2, 0.25) is 0 Å². The number of carbonyl (C=O) groups is 2. The molecule has 2 unspecified atom stereocenters. The van der Waals surface area contributed by atoms with E-state index in [1.54, 1.807) is 0 Å². The Morgan fingerprint density at radius 1 is 0.337 bits per heavy atom. The Bertz CT molecular complexity index is 2650. The average Bonchev–Trinajstić information content (AvgIpc) is 1.57. The summed E-state index contributed by atoms with van der Waals surface area (Å²) in [5, 5.41) is 0. The predicted molar refractivity (Wildman–Crippen MR) is 409 cm³/mol. The van der Waals surface area contributed by atoms with Gasteiger partial charge in [-0.3, -0.25) is 0 Å². The van der Waals surface area contributed by atoms with E-state index in [1.807, 2.05) is 0 Å². The van der Waals surface area contributed by atoms with E-state index in [0.29, 0.717) is 38.7 Å². The molecule has 4 heterocycles. The molecule has 4 nitrogen and oxygen atoms in total. The molecular weight excluding hydrogens is 1250 g/mol. The fraction of sp³-hybridized carbons (Fsp3) is 0.698. The van der Waals surface area contributed by atoms with Crippen molar-refractivity contribution in [1.29, 1.82) is 0 Å². The molecule has 2 atom stereocenters. The number of rotatable bonds is 57. The van der Waals surface area contributed by atoms with E-state index in [1.165, 1.54) is 319 Å². The summed E-state index contributed by atoms with van der Waals surface area (Å²) in [5.41, 5.74) is 7.44. The molecule has 0 saturated carbocycles. The van der Waals surface area contributed by atoms with E-state index in [0.717, 1.165) is 65.6 Å². The molecule has 6 heteroatoms. The molecular formula is C86H136N2O2Se2. The van der Waals surface area contributed by atoms with E-state index in [2.05, 4.69) is 124 Å². The van der Waals surface area contributed by atoms with Gasteiger partial charge in [-0.25, -0.2) is 0 Å². The zero-order valence-corrected chi connectivity index (χ0v) is 63.8. The quantitative estimate of drug-likeness (QED) is 0.0251. The van der Waals surface area contributed by atoms with Crippen LogP contribution >= 0.6 is 0 Å². The summed E-state index contributed by atoms with van der Waals surface area (Å²) in [5.74, 6) is 1.74. The van der Waals surface area contributed by atoms with Gasteiger partial charge in [0.15, 0.2) is 0 Å². The zero-order chi connectivity index (χ0) is 65.1. The van der Waals surface area contributed by atoms with Crippen molar-refractivity contribution in [1.82, 2.24) is 0 Å². The molecule has 0 N–H and O–H groups in total. The summed E-state index contributed by atoms with van der Waals surface area (Å²) < 4.78 is 5.65. The third kappa shape index (κ3) is 29.3. The molecule has 2 amide bonds. The molecule has 2 aliphatic rings. The van der Waals surface area contributed by atoms with Gasteiger partial charge in [0.2, 0.25) is 0 Å². The van der Waals surface area contributed by atoms with Gasteiger partial charge in [0.25, 0.3) is 0 Å². The van der Waals surface area contributed by atoms with Gasteiger partial charge in [0.05, 0.1) is 0 Å². The standard InChI is InChI=1S/C86H136N2O2Se2/c1-7-11-15-19-23-27-29-33-37-45-53-73(51-43-35-31-25-21-17-13-9-3)55-47-39-41-49-67-87-80-69-71(5)57-64-78(80)83(85(87)89)84-79-65-59-75(82-66-63-77(92-82)62-61-76-60-58-72(6)91-76)70-81(79)88(86(84)90)68-50-42-40-48-56-74(52-44-36-32-26-22-18-14-10-4)54-46-38-34-30-28-24-20-16-12-8-2/h57-66,69-70,73-74H,7-56,67-68H2,1-6H3/b62-61+,84-83+. The number of nitrogens with zero attached hydrogens (tertiary/aromatic N) is 2. The van der Waals surface area contributed by atoms with Crippen LogP contribution in [0.3, 0.4) is 0 Å². The normalized spacial score (nSPS) is 14.7. The van der Waals surface area contributed by atoms with E-state index >= 15 is 9.59 Å². The van der Waals surface area contributed by atoms with Crippen molar-refractivity contribution in [2.45, 2.75) is 363 Å². The summed E-state index contributed by atoms with van der Waals surface area (Å²) in [4.78, 5) is 34.8. The van der Waals surface area contributed by atoms with Crippen molar-refractivity contribution in [3.05, 3.63) is 90.7 Å². The van der Waals surface area contributed by atoms with E-state index in [-0.39, 0.29) is 26.3 Å². The van der Waals surface area contributed by atoms with Crippen molar-refractivity contribution in [3.8, 4) is 10.0 Å². The van der Waals surface area contributed by atoms with Gasteiger partial charge < -0.3 is 0 Å². The fourth-order valence-electron chi connectivity index (χ4n) is 15.1. The molecule has 0 saturated heterocycles. The molecule has 0 fully saturated rings. The van der Waals surface area contributed by atoms with Crippen LogP contribution in [0, 0.1) is 25.7 Å². The van der Waals surface area contributed by atoms with Crippen molar-refractivity contribution in [3.63, 3.8) is 0 Å². The van der Waals surface area contributed by atoms with Gasteiger partial charge >= 0.3 is 273 Å². The van der Waals surface area contributed by atoms with Gasteiger partial charge in [-0.2, -0.15) is 0 Å². The average molecular weight is 1390 g/mol. The molecule has 0 radical (unpaired) electrons. The van der Waals surface area contributed by atoms with Crippen molar-refractivity contribution in [2.75, 3.05) is 22.9 Å². The Morgan fingerprint density at radius 3 is 1.01 bits per heavy atom. The van der Waals surface area contributed by atoms with E-state index < -0.39 is 0 Å². The number of anilines is 2. The Balaban J connectivity index is 1.09. The minimum atomic E-state index is 0.0124. The summed E-state index contributed by atoms with van der Waals surface area (Å²) in [6, 6.07) is 22.4. The Hall–Kier alpha value is -3.14. The first-order valence-electron chi connectivity index (χ1n) is 39.7. The first-order chi connectivity index (χ1) is 45.3.